The SMILES string of the molecule is CC(C)N(C)C(=O)[C@@H]1C=C2c3cccc4[nH]cc(c34)C[C@H]2N(C)C1. The maximum atomic E-state index is 12.8. The summed E-state index contributed by atoms with van der Waals surface area (Å²) in [6, 6.07) is 7.03. The van der Waals surface area contributed by atoms with Crippen LogP contribution in [0.1, 0.15) is 25.0 Å². The predicted molar refractivity (Wildman–Crippen MR) is 97.8 cm³/mol. The van der Waals surface area contributed by atoms with E-state index in [1.807, 2.05) is 11.9 Å². The first-order chi connectivity index (χ1) is 11.5. The van der Waals surface area contributed by atoms with Gasteiger partial charge in [-0.25, -0.2) is 0 Å². The molecule has 0 radical (unpaired) electrons. The molecule has 1 aromatic carbocycles. The number of amides is 1. The van der Waals surface area contributed by atoms with Crippen molar-refractivity contribution in [2.24, 2.45) is 5.92 Å². The number of rotatable bonds is 2. The zero-order valence-electron chi connectivity index (χ0n) is 14.8. The lowest BCUT2D eigenvalue weighted by atomic mass is 9.79. The molecule has 0 bridgehead atoms. The van der Waals surface area contributed by atoms with Gasteiger partial charge in [-0.2, -0.15) is 0 Å². The fourth-order valence-electron chi connectivity index (χ4n) is 4.12. The van der Waals surface area contributed by atoms with E-state index in [1.54, 1.807) is 0 Å². The molecule has 1 aromatic heterocycles. The van der Waals surface area contributed by atoms with Gasteiger partial charge in [0, 0.05) is 42.8 Å². The number of benzene rings is 1. The highest BCUT2D eigenvalue weighted by molar-refractivity contribution is 5.99. The highest BCUT2D eigenvalue weighted by Gasteiger charge is 2.36. The Morgan fingerprint density at radius 2 is 2.17 bits per heavy atom. The molecule has 0 spiro atoms. The van der Waals surface area contributed by atoms with Gasteiger partial charge in [0.15, 0.2) is 0 Å². The highest BCUT2D eigenvalue weighted by Crippen LogP contribution is 2.40. The Labute approximate surface area is 143 Å². The average molecular weight is 323 g/mol. The second-order valence-electron chi connectivity index (χ2n) is 7.47. The van der Waals surface area contributed by atoms with Crippen LogP contribution < -0.4 is 0 Å². The first-order valence-corrected chi connectivity index (χ1v) is 8.75. The van der Waals surface area contributed by atoms with Crippen molar-refractivity contribution >= 4 is 22.4 Å². The molecule has 126 valence electrons. The van der Waals surface area contributed by atoms with Crippen LogP contribution in [0.2, 0.25) is 0 Å². The van der Waals surface area contributed by atoms with Crippen LogP contribution in [0, 0.1) is 5.92 Å². The number of carbonyl (C=O) groups is 1. The molecule has 4 rings (SSSR count). The molecule has 0 saturated carbocycles. The minimum absolute atomic E-state index is 0.0654. The Balaban J connectivity index is 1.80. The van der Waals surface area contributed by atoms with Gasteiger partial charge in [0.05, 0.1) is 5.92 Å². The number of aromatic nitrogens is 1. The maximum absolute atomic E-state index is 12.8. The van der Waals surface area contributed by atoms with E-state index < -0.39 is 0 Å². The molecule has 0 fully saturated rings. The molecule has 1 aliphatic carbocycles. The minimum atomic E-state index is -0.0654. The molecule has 4 nitrogen and oxygen atoms in total. The van der Waals surface area contributed by atoms with Crippen LogP contribution in [-0.2, 0) is 11.2 Å². The minimum Gasteiger partial charge on any atom is -0.361 e. The zero-order valence-corrected chi connectivity index (χ0v) is 14.8. The number of nitrogens with zero attached hydrogens (tertiary/aromatic N) is 2. The smallest absolute Gasteiger partial charge is 0.230 e. The van der Waals surface area contributed by atoms with E-state index in [1.165, 1.54) is 27.6 Å². The van der Waals surface area contributed by atoms with Gasteiger partial charge in [0.1, 0.15) is 0 Å². The number of aromatic amines is 1. The standard InChI is InChI=1S/C20H25N3O/c1-12(2)23(4)20(24)14-8-16-15-6-5-7-17-19(15)13(10-21-17)9-18(16)22(3)11-14/h5-8,10,12,14,18,21H,9,11H2,1-4H3/t14-,18-/m1/s1. The summed E-state index contributed by atoms with van der Waals surface area (Å²) in [5.74, 6) is 0.152. The van der Waals surface area contributed by atoms with Gasteiger partial charge in [0.2, 0.25) is 5.91 Å². The van der Waals surface area contributed by atoms with Crippen LogP contribution in [-0.4, -0.2) is 53.4 Å². The Morgan fingerprint density at radius 1 is 1.38 bits per heavy atom. The van der Waals surface area contributed by atoms with Gasteiger partial charge in [-0.1, -0.05) is 18.2 Å². The normalized spacial score (nSPS) is 23.3. The zero-order chi connectivity index (χ0) is 17.0. The lowest BCUT2D eigenvalue weighted by molar-refractivity contribution is -0.134. The van der Waals surface area contributed by atoms with Crippen molar-refractivity contribution in [1.29, 1.82) is 0 Å². The van der Waals surface area contributed by atoms with Crippen LogP contribution in [0.4, 0.5) is 0 Å². The Morgan fingerprint density at radius 3 is 2.92 bits per heavy atom. The monoisotopic (exact) mass is 323 g/mol. The van der Waals surface area contributed by atoms with E-state index in [0.29, 0.717) is 6.04 Å². The van der Waals surface area contributed by atoms with Crippen molar-refractivity contribution in [1.82, 2.24) is 14.8 Å². The van der Waals surface area contributed by atoms with Crippen LogP contribution >= 0.6 is 0 Å². The summed E-state index contributed by atoms with van der Waals surface area (Å²) in [5, 5.41) is 1.33. The van der Waals surface area contributed by atoms with Gasteiger partial charge < -0.3 is 9.88 Å². The van der Waals surface area contributed by atoms with Crippen molar-refractivity contribution in [3.8, 4) is 0 Å². The predicted octanol–water partition coefficient (Wildman–Crippen LogP) is 2.90. The number of fused-ring (bicyclic) bond motifs is 2. The molecule has 1 amide bonds. The van der Waals surface area contributed by atoms with Crippen molar-refractivity contribution in [2.75, 3.05) is 20.6 Å². The number of hydrogen-bond acceptors (Lipinski definition) is 2. The quantitative estimate of drug-likeness (QED) is 0.923. The van der Waals surface area contributed by atoms with Gasteiger partial charge in [-0.3, -0.25) is 9.69 Å². The van der Waals surface area contributed by atoms with Gasteiger partial charge in [-0.05, 0) is 50.1 Å². The van der Waals surface area contributed by atoms with Crippen LogP contribution in [0.3, 0.4) is 0 Å². The molecule has 24 heavy (non-hydrogen) atoms. The van der Waals surface area contributed by atoms with E-state index in [0.717, 1.165) is 13.0 Å². The summed E-state index contributed by atoms with van der Waals surface area (Å²) in [4.78, 5) is 20.4. The van der Waals surface area contributed by atoms with Gasteiger partial charge in [-0.15, -0.1) is 0 Å². The second kappa shape index (κ2) is 5.49. The molecule has 2 atom stereocenters. The van der Waals surface area contributed by atoms with E-state index in [9.17, 15) is 4.79 Å². The maximum Gasteiger partial charge on any atom is 0.230 e. The van der Waals surface area contributed by atoms with E-state index >= 15 is 0 Å². The van der Waals surface area contributed by atoms with E-state index in [-0.39, 0.29) is 17.9 Å². The summed E-state index contributed by atoms with van der Waals surface area (Å²) < 4.78 is 0. The fraction of sp³-hybridized carbons (Fsp3) is 0.450. The molecule has 2 heterocycles. The van der Waals surface area contributed by atoms with Crippen molar-refractivity contribution in [2.45, 2.75) is 32.4 Å². The summed E-state index contributed by atoms with van der Waals surface area (Å²) in [6.07, 6.45) is 5.39. The van der Waals surface area contributed by atoms with E-state index in [2.05, 4.69) is 61.3 Å². The van der Waals surface area contributed by atoms with Crippen LogP contribution in [0.5, 0.6) is 0 Å². The van der Waals surface area contributed by atoms with Crippen LogP contribution in [0.25, 0.3) is 16.5 Å². The first-order valence-electron chi connectivity index (χ1n) is 8.75. The fourth-order valence-corrected chi connectivity index (χ4v) is 4.12. The highest BCUT2D eigenvalue weighted by atomic mass is 16.2. The third-order valence-electron chi connectivity index (χ3n) is 5.71. The number of carbonyl (C=O) groups excluding carboxylic acids is 1. The third-order valence-corrected chi connectivity index (χ3v) is 5.71. The van der Waals surface area contributed by atoms with E-state index in [4.69, 9.17) is 0 Å². The number of likely N-dealkylation sites (N-methyl/N-ethyl adjacent to an activating group) is 1. The summed E-state index contributed by atoms with van der Waals surface area (Å²) >= 11 is 0. The molecule has 2 aliphatic rings. The first kappa shape index (κ1) is 15.5. The third kappa shape index (κ3) is 2.20. The molecule has 4 heteroatoms. The topological polar surface area (TPSA) is 39.3 Å². The van der Waals surface area contributed by atoms with Crippen LogP contribution in [0.15, 0.2) is 30.5 Å². The van der Waals surface area contributed by atoms with Crippen molar-refractivity contribution in [3.05, 3.63) is 41.6 Å². The largest absolute Gasteiger partial charge is 0.361 e. The summed E-state index contributed by atoms with van der Waals surface area (Å²) in [6.45, 7) is 4.92. The Bertz CT molecular complexity index is 833. The Hall–Kier alpha value is -2.07. The molecule has 2 aromatic rings. The molecule has 0 unspecified atom stereocenters. The van der Waals surface area contributed by atoms with Gasteiger partial charge >= 0.3 is 0 Å². The molecule has 1 aliphatic heterocycles. The second-order valence-corrected chi connectivity index (χ2v) is 7.47. The molecule has 0 saturated heterocycles. The van der Waals surface area contributed by atoms with Crippen molar-refractivity contribution in [3.63, 3.8) is 0 Å². The number of nitrogens with one attached hydrogen (secondary N) is 1. The number of H-pyrrole nitrogens is 1. The average Bonchev–Trinajstić information content (AvgIpc) is 2.99. The number of hydrogen-bond donors (Lipinski definition) is 1. The Kier molecular flexibility index (Phi) is 3.53. The van der Waals surface area contributed by atoms with Crippen molar-refractivity contribution < 1.29 is 4.79 Å². The lowest BCUT2D eigenvalue weighted by Crippen LogP contribution is -2.48. The van der Waals surface area contributed by atoms with Gasteiger partial charge in [0.25, 0.3) is 0 Å². The molecular weight excluding hydrogens is 298 g/mol. The summed E-state index contributed by atoms with van der Waals surface area (Å²) in [7, 11) is 4.05. The lowest BCUT2D eigenvalue weighted by Gasteiger charge is -2.40. The molecular formula is C20H25N3O. The summed E-state index contributed by atoms with van der Waals surface area (Å²) in [5.41, 5.74) is 5.18. The molecule has 1 N–H and O–H groups in total.